The van der Waals surface area contributed by atoms with Gasteiger partial charge in [0.15, 0.2) is 11.7 Å². The summed E-state index contributed by atoms with van der Waals surface area (Å²) in [5, 5.41) is 18.3. The Hall–Kier alpha value is -1.59. The van der Waals surface area contributed by atoms with E-state index in [2.05, 4.69) is 35.5 Å². The van der Waals surface area contributed by atoms with Gasteiger partial charge in [-0.1, -0.05) is 20.3 Å². The number of nitrogens with zero attached hydrogens (tertiary/aromatic N) is 2. The summed E-state index contributed by atoms with van der Waals surface area (Å²) in [5.41, 5.74) is 0.943. The fraction of sp³-hybridized carbons (Fsp3) is 0.667. The van der Waals surface area contributed by atoms with Crippen LogP contribution in [0, 0.1) is 11.3 Å². The number of unbranched alkanes of at least 4 members (excludes halogenated alkanes) is 1. The third-order valence-corrected chi connectivity index (χ3v) is 7.37. The summed E-state index contributed by atoms with van der Waals surface area (Å²) in [6.45, 7) is 4.10. The van der Waals surface area contributed by atoms with Gasteiger partial charge in [-0.25, -0.2) is 9.78 Å². The number of thiazole rings is 1. The Morgan fingerprint density at radius 2 is 2.23 bits per heavy atom. The van der Waals surface area contributed by atoms with Crippen LogP contribution in [0.2, 0.25) is 0 Å². The first kappa shape index (κ1) is 19.2. The first-order valence-corrected chi connectivity index (χ1v) is 11.0. The van der Waals surface area contributed by atoms with E-state index in [1.54, 1.807) is 0 Å². The van der Waals surface area contributed by atoms with Gasteiger partial charge < -0.3 is 10.6 Å². The number of rotatable bonds is 8. The number of Topliss-reactive ketones (excluding diaryl/α,β-unsaturated/α-hetero) is 1. The summed E-state index contributed by atoms with van der Waals surface area (Å²) >= 11 is 3.29. The number of nitriles is 1. The van der Waals surface area contributed by atoms with Gasteiger partial charge in [0.1, 0.15) is 5.01 Å². The Bertz CT molecular complexity index is 712. The quantitative estimate of drug-likeness (QED) is 0.523. The summed E-state index contributed by atoms with van der Waals surface area (Å²) < 4.78 is 0. The second kappa shape index (κ2) is 8.40. The van der Waals surface area contributed by atoms with Crippen LogP contribution in [-0.2, 0) is 4.79 Å². The van der Waals surface area contributed by atoms with Crippen molar-refractivity contribution >= 4 is 34.9 Å². The molecule has 1 aromatic heterocycles. The van der Waals surface area contributed by atoms with Gasteiger partial charge in [-0.3, -0.25) is 4.79 Å². The average molecular weight is 393 g/mol. The van der Waals surface area contributed by atoms with Crippen LogP contribution in [-0.4, -0.2) is 39.9 Å². The van der Waals surface area contributed by atoms with Gasteiger partial charge in [-0.05, 0) is 18.8 Å². The maximum absolute atomic E-state index is 12.4. The zero-order valence-corrected chi connectivity index (χ0v) is 16.7. The average Bonchev–Trinajstić information content (AvgIpc) is 3.29. The lowest BCUT2D eigenvalue weighted by Crippen LogP contribution is -2.36. The molecule has 0 radical (unpaired) electrons. The van der Waals surface area contributed by atoms with Gasteiger partial charge >= 0.3 is 6.03 Å². The molecule has 0 saturated carbocycles. The van der Waals surface area contributed by atoms with E-state index in [0.717, 1.165) is 30.7 Å². The van der Waals surface area contributed by atoms with Crippen molar-refractivity contribution in [1.29, 1.82) is 5.26 Å². The lowest BCUT2D eigenvalue weighted by molar-refractivity contribution is -0.119. The van der Waals surface area contributed by atoms with Crippen molar-refractivity contribution in [2.75, 3.05) is 5.75 Å². The Balaban J connectivity index is 1.44. The van der Waals surface area contributed by atoms with Crippen molar-refractivity contribution < 1.29 is 9.59 Å². The smallest absolute Gasteiger partial charge is 0.315 e. The van der Waals surface area contributed by atoms with E-state index >= 15 is 0 Å². The molecule has 0 spiro atoms. The number of aromatic nitrogens is 1. The number of ketones is 1. The number of urea groups is 1. The predicted molar refractivity (Wildman–Crippen MR) is 104 cm³/mol. The van der Waals surface area contributed by atoms with Crippen molar-refractivity contribution in [3.05, 3.63) is 16.1 Å². The molecule has 2 aliphatic heterocycles. The van der Waals surface area contributed by atoms with E-state index in [1.807, 2.05) is 17.1 Å². The molecule has 4 atom stereocenters. The molecule has 3 rings (SSSR count). The van der Waals surface area contributed by atoms with E-state index in [1.165, 1.54) is 11.3 Å². The molecule has 0 aromatic carbocycles. The van der Waals surface area contributed by atoms with E-state index < -0.39 is 5.92 Å². The fourth-order valence-corrected chi connectivity index (χ4v) is 5.98. The highest BCUT2D eigenvalue weighted by Gasteiger charge is 2.42. The Morgan fingerprint density at radius 3 is 2.92 bits per heavy atom. The molecular formula is C18H24N4O2S2. The first-order chi connectivity index (χ1) is 12.5. The second-order valence-electron chi connectivity index (χ2n) is 7.16. The summed E-state index contributed by atoms with van der Waals surface area (Å²) in [6.07, 6.45) is 3.09. The summed E-state index contributed by atoms with van der Waals surface area (Å²) in [6, 6.07) is 2.50. The number of fused-ring (bicyclic) bond motifs is 1. The molecule has 2 N–H and O–H groups in total. The fourth-order valence-electron chi connectivity index (χ4n) is 3.40. The minimum absolute atomic E-state index is 0.0371. The van der Waals surface area contributed by atoms with E-state index in [0.29, 0.717) is 22.6 Å². The molecule has 2 aliphatic rings. The predicted octanol–water partition coefficient (Wildman–Crippen LogP) is 3.17. The first-order valence-electron chi connectivity index (χ1n) is 9.06. The molecule has 1 aromatic rings. The van der Waals surface area contributed by atoms with Gasteiger partial charge in [0.05, 0.1) is 23.8 Å². The molecular weight excluding hydrogens is 368 g/mol. The van der Waals surface area contributed by atoms with Gasteiger partial charge in [-0.15, -0.1) is 11.3 Å². The van der Waals surface area contributed by atoms with Gasteiger partial charge in [-0.2, -0.15) is 17.0 Å². The highest BCUT2D eigenvalue weighted by Crippen LogP contribution is 2.33. The SMILES string of the molecule is CC(C)c1csc([C@H](C#N)C(=O)CCCC[C@@H]2SC[C@H]3NC(=O)N[C@H]23)n1. The zero-order valence-electron chi connectivity index (χ0n) is 15.0. The minimum Gasteiger partial charge on any atom is -0.332 e. The lowest BCUT2D eigenvalue weighted by atomic mass is 9.98. The largest absolute Gasteiger partial charge is 0.332 e. The minimum atomic E-state index is -0.740. The Kier molecular flexibility index (Phi) is 6.20. The monoisotopic (exact) mass is 392 g/mol. The third-order valence-electron chi connectivity index (χ3n) is 4.93. The zero-order chi connectivity index (χ0) is 18.7. The molecule has 0 bridgehead atoms. The normalized spacial score (nSPS) is 25.5. The van der Waals surface area contributed by atoms with Gasteiger partial charge in [0.25, 0.3) is 0 Å². The lowest BCUT2D eigenvalue weighted by Gasteiger charge is -2.16. The number of amides is 2. The van der Waals surface area contributed by atoms with Crippen LogP contribution < -0.4 is 10.6 Å². The summed E-state index contributed by atoms with van der Waals surface area (Å²) in [4.78, 5) is 28.3. The number of carbonyl (C=O) groups is 2. The highest BCUT2D eigenvalue weighted by molar-refractivity contribution is 8.00. The second-order valence-corrected chi connectivity index (χ2v) is 9.32. The van der Waals surface area contributed by atoms with Crippen LogP contribution in [0.1, 0.15) is 62.1 Å². The van der Waals surface area contributed by atoms with Gasteiger partial charge in [0, 0.05) is 22.8 Å². The number of hydrogen-bond acceptors (Lipinski definition) is 6. The van der Waals surface area contributed by atoms with Crippen molar-refractivity contribution in [2.45, 2.75) is 68.7 Å². The van der Waals surface area contributed by atoms with Crippen molar-refractivity contribution in [1.82, 2.24) is 15.6 Å². The van der Waals surface area contributed by atoms with E-state index in [9.17, 15) is 14.9 Å². The molecule has 0 aliphatic carbocycles. The molecule has 8 heteroatoms. The number of nitrogens with one attached hydrogen (secondary N) is 2. The van der Waals surface area contributed by atoms with Gasteiger partial charge in [0.2, 0.25) is 0 Å². The van der Waals surface area contributed by atoms with Crippen LogP contribution >= 0.6 is 23.1 Å². The van der Waals surface area contributed by atoms with Crippen LogP contribution in [0.25, 0.3) is 0 Å². The molecule has 0 unspecified atom stereocenters. The van der Waals surface area contributed by atoms with E-state index in [4.69, 9.17) is 0 Å². The maximum atomic E-state index is 12.4. The Labute approximate surface area is 162 Å². The van der Waals surface area contributed by atoms with Crippen LogP contribution in [0.5, 0.6) is 0 Å². The number of carbonyl (C=O) groups excluding carboxylic acids is 2. The molecule has 140 valence electrons. The molecule has 26 heavy (non-hydrogen) atoms. The number of thioether (sulfide) groups is 1. The van der Waals surface area contributed by atoms with Crippen molar-refractivity contribution in [3.8, 4) is 6.07 Å². The van der Waals surface area contributed by atoms with Crippen molar-refractivity contribution in [2.24, 2.45) is 0 Å². The molecule has 6 nitrogen and oxygen atoms in total. The molecule has 2 amide bonds. The summed E-state index contributed by atoms with van der Waals surface area (Å²) in [5.74, 6) is 0.472. The maximum Gasteiger partial charge on any atom is 0.315 e. The highest BCUT2D eigenvalue weighted by atomic mass is 32.2. The van der Waals surface area contributed by atoms with Crippen LogP contribution in [0.4, 0.5) is 4.79 Å². The molecule has 3 heterocycles. The van der Waals surface area contributed by atoms with Crippen LogP contribution in [0.15, 0.2) is 5.38 Å². The molecule has 2 fully saturated rings. The molecule has 2 saturated heterocycles. The standard InChI is InChI=1S/C18H24N4O2S2/c1-10(2)12-8-26-17(20-12)11(7-19)14(23)5-3-4-6-15-16-13(9-25-15)21-18(24)22-16/h8,10-11,13,15-16H,3-6,9H2,1-2H3,(H2,21,22,24)/t11-,13-,15+,16+/m1/s1. The third kappa shape index (κ3) is 4.21. The topological polar surface area (TPSA) is 94.9 Å². The number of hydrogen-bond donors (Lipinski definition) is 2. The van der Waals surface area contributed by atoms with Crippen LogP contribution in [0.3, 0.4) is 0 Å². The Morgan fingerprint density at radius 1 is 1.42 bits per heavy atom. The summed E-state index contributed by atoms with van der Waals surface area (Å²) in [7, 11) is 0. The van der Waals surface area contributed by atoms with E-state index in [-0.39, 0.29) is 23.9 Å². The van der Waals surface area contributed by atoms with Crippen molar-refractivity contribution in [3.63, 3.8) is 0 Å².